The molecule has 0 saturated heterocycles. The van der Waals surface area contributed by atoms with E-state index in [1.165, 1.54) is 12.1 Å². The number of amides is 1. The first-order valence-electron chi connectivity index (χ1n) is 10.0. The second-order valence-corrected chi connectivity index (χ2v) is 7.82. The molecule has 1 aliphatic carbocycles. The van der Waals surface area contributed by atoms with Gasteiger partial charge in [0, 0.05) is 12.7 Å². The Hall–Kier alpha value is -3.07. The number of benzene rings is 2. The molecule has 0 unspecified atom stereocenters. The average Bonchev–Trinajstić information content (AvgIpc) is 3.48. The summed E-state index contributed by atoms with van der Waals surface area (Å²) >= 11 is 0. The largest absolute Gasteiger partial charge is 0.491 e. The second-order valence-electron chi connectivity index (χ2n) is 7.82. The van der Waals surface area contributed by atoms with Gasteiger partial charge in [0.25, 0.3) is 5.91 Å². The number of carbonyl (C=O) groups is 2. The highest BCUT2D eigenvalue weighted by Crippen LogP contribution is 2.49. The number of alkyl halides is 3. The smallest absolute Gasteiger partial charge is 0.418 e. The van der Waals surface area contributed by atoms with Crippen LogP contribution in [0.3, 0.4) is 0 Å². The summed E-state index contributed by atoms with van der Waals surface area (Å²) in [5, 5.41) is 11.5. The molecule has 0 spiro atoms. The minimum atomic E-state index is -4.68. The highest BCUT2D eigenvalue weighted by Gasteiger charge is 2.45. The van der Waals surface area contributed by atoms with Gasteiger partial charge in [-0.2, -0.15) is 13.2 Å². The number of methoxy groups -OCH3 is 1. The van der Waals surface area contributed by atoms with Crippen LogP contribution >= 0.6 is 0 Å². The van der Waals surface area contributed by atoms with Crippen LogP contribution in [-0.4, -0.2) is 37.3 Å². The molecule has 0 radical (unpaired) electrons. The highest BCUT2D eigenvalue weighted by atomic mass is 19.4. The molecule has 2 atom stereocenters. The molecule has 32 heavy (non-hydrogen) atoms. The quantitative estimate of drug-likeness (QED) is 0.564. The Bertz CT molecular complexity index is 1010. The average molecular weight is 451 g/mol. The zero-order chi connectivity index (χ0) is 23.6. The lowest BCUT2D eigenvalue weighted by atomic mass is 10.00. The normalized spacial score (nSPS) is 17.7. The van der Waals surface area contributed by atoms with Crippen molar-refractivity contribution in [3.05, 3.63) is 58.1 Å². The van der Waals surface area contributed by atoms with Crippen molar-refractivity contribution in [2.75, 3.05) is 25.6 Å². The molecular weight excluding hydrogens is 427 g/mol. The summed E-state index contributed by atoms with van der Waals surface area (Å²) in [7, 11) is 1.54. The third-order valence-corrected chi connectivity index (χ3v) is 5.42. The van der Waals surface area contributed by atoms with E-state index in [2.05, 4.69) is 5.32 Å². The van der Waals surface area contributed by atoms with E-state index >= 15 is 0 Å². The van der Waals surface area contributed by atoms with Crippen LogP contribution in [0.5, 0.6) is 5.75 Å². The number of anilines is 1. The number of hydrogen-bond acceptors (Lipinski definition) is 4. The molecule has 9 heteroatoms. The van der Waals surface area contributed by atoms with Gasteiger partial charge >= 0.3 is 12.1 Å². The van der Waals surface area contributed by atoms with Crippen molar-refractivity contribution in [2.24, 2.45) is 5.92 Å². The Morgan fingerprint density at radius 1 is 1.12 bits per heavy atom. The fourth-order valence-electron chi connectivity index (χ4n) is 3.77. The van der Waals surface area contributed by atoms with Gasteiger partial charge in [-0.25, -0.2) is 0 Å². The zero-order valence-electron chi connectivity index (χ0n) is 17.9. The third-order valence-electron chi connectivity index (χ3n) is 5.42. The second kappa shape index (κ2) is 9.20. The molecule has 6 nitrogen and oxygen atoms in total. The molecule has 0 aliphatic heterocycles. The third kappa shape index (κ3) is 5.21. The van der Waals surface area contributed by atoms with Crippen LogP contribution < -0.4 is 10.1 Å². The minimum absolute atomic E-state index is 0.248. The summed E-state index contributed by atoms with van der Waals surface area (Å²) in [5.74, 6) is -2.13. The molecule has 2 N–H and O–H groups in total. The molecule has 0 bridgehead atoms. The molecule has 2 aromatic carbocycles. The standard InChI is InChI=1S/C23H24F3NO5/c1-12-8-15(32-7-6-31-3)9-13(2)20(12)21(28)27-19-10-14(16-11-17(16)22(29)30)4-5-18(19)23(24,25)26/h4-5,8-10,16-17H,6-7,11H2,1-3H3,(H,27,28)(H,29,30)/t16-,17-/m1/s1. The van der Waals surface area contributed by atoms with Gasteiger partial charge < -0.3 is 19.9 Å². The monoisotopic (exact) mass is 451 g/mol. The Kier molecular flexibility index (Phi) is 6.78. The molecule has 172 valence electrons. The molecule has 1 saturated carbocycles. The van der Waals surface area contributed by atoms with Gasteiger partial charge in [0.2, 0.25) is 0 Å². The lowest BCUT2D eigenvalue weighted by Gasteiger charge is -2.17. The SMILES string of the molecule is COCCOc1cc(C)c(C(=O)Nc2cc([C@H]3C[C@H]3C(=O)O)ccc2C(F)(F)F)c(C)c1. The number of ether oxygens (including phenoxy) is 2. The molecule has 0 aromatic heterocycles. The molecule has 1 amide bonds. The topological polar surface area (TPSA) is 84.9 Å². The van der Waals surface area contributed by atoms with E-state index in [1.54, 1.807) is 33.1 Å². The van der Waals surface area contributed by atoms with Gasteiger partial charge in [-0.3, -0.25) is 9.59 Å². The van der Waals surface area contributed by atoms with Gasteiger partial charge in [0.05, 0.1) is 23.8 Å². The Morgan fingerprint density at radius 3 is 2.31 bits per heavy atom. The molecule has 2 aromatic rings. The van der Waals surface area contributed by atoms with E-state index in [0.717, 1.165) is 6.07 Å². The maximum atomic E-state index is 13.5. The Labute approximate surface area is 183 Å². The first kappa shape index (κ1) is 23.6. The van der Waals surface area contributed by atoms with Crippen LogP contribution in [0, 0.1) is 19.8 Å². The van der Waals surface area contributed by atoms with Crippen molar-refractivity contribution < 1.29 is 37.3 Å². The van der Waals surface area contributed by atoms with Crippen molar-refractivity contribution in [2.45, 2.75) is 32.4 Å². The predicted octanol–water partition coefficient (Wildman–Crippen LogP) is 4.79. The molecule has 1 aliphatic rings. The van der Waals surface area contributed by atoms with E-state index in [-0.39, 0.29) is 11.5 Å². The highest BCUT2D eigenvalue weighted by molar-refractivity contribution is 6.07. The van der Waals surface area contributed by atoms with Gasteiger partial charge in [0.1, 0.15) is 12.4 Å². The van der Waals surface area contributed by atoms with E-state index in [4.69, 9.17) is 14.6 Å². The molecule has 3 rings (SSSR count). The first-order chi connectivity index (χ1) is 15.0. The van der Waals surface area contributed by atoms with E-state index in [1.807, 2.05) is 0 Å². The number of carbonyl (C=O) groups excluding carboxylic acids is 1. The summed E-state index contributed by atoms with van der Waals surface area (Å²) in [5.41, 5.74) is 0.418. The van der Waals surface area contributed by atoms with Crippen LogP contribution in [0.25, 0.3) is 0 Å². The Morgan fingerprint density at radius 2 is 1.78 bits per heavy atom. The van der Waals surface area contributed by atoms with Crippen LogP contribution in [0.15, 0.2) is 30.3 Å². The van der Waals surface area contributed by atoms with Gasteiger partial charge in [-0.15, -0.1) is 0 Å². The molecule has 0 heterocycles. The van der Waals surface area contributed by atoms with E-state index in [9.17, 15) is 22.8 Å². The van der Waals surface area contributed by atoms with Crippen molar-refractivity contribution >= 4 is 17.6 Å². The van der Waals surface area contributed by atoms with Gasteiger partial charge in [-0.1, -0.05) is 6.07 Å². The summed E-state index contributed by atoms with van der Waals surface area (Å²) < 4.78 is 51.1. The summed E-state index contributed by atoms with van der Waals surface area (Å²) in [6.45, 7) is 4.06. The fourth-order valence-corrected chi connectivity index (χ4v) is 3.77. The van der Waals surface area contributed by atoms with E-state index in [0.29, 0.717) is 42.1 Å². The van der Waals surface area contributed by atoms with E-state index < -0.39 is 35.2 Å². The van der Waals surface area contributed by atoms with Crippen molar-refractivity contribution in [1.82, 2.24) is 0 Å². The van der Waals surface area contributed by atoms with Gasteiger partial charge in [-0.05, 0) is 67.1 Å². The Balaban J connectivity index is 1.88. The molecular formula is C23H24F3NO5. The molecule has 1 fully saturated rings. The first-order valence-corrected chi connectivity index (χ1v) is 10.0. The number of carboxylic acids is 1. The lowest BCUT2D eigenvalue weighted by Crippen LogP contribution is -2.19. The summed E-state index contributed by atoms with van der Waals surface area (Å²) in [6.07, 6.45) is -4.32. The predicted molar refractivity (Wildman–Crippen MR) is 111 cm³/mol. The minimum Gasteiger partial charge on any atom is -0.491 e. The van der Waals surface area contributed by atoms with Crippen LogP contribution in [0.4, 0.5) is 18.9 Å². The maximum Gasteiger partial charge on any atom is 0.418 e. The summed E-state index contributed by atoms with van der Waals surface area (Å²) in [6, 6.07) is 6.66. The number of aliphatic carboxylic acids is 1. The lowest BCUT2D eigenvalue weighted by molar-refractivity contribution is -0.139. The number of nitrogens with one attached hydrogen (secondary N) is 1. The number of carboxylic acid groups (broad SMARTS) is 1. The zero-order valence-corrected chi connectivity index (χ0v) is 17.9. The van der Waals surface area contributed by atoms with Crippen molar-refractivity contribution in [3.8, 4) is 5.75 Å². The number of hydrogen-bond donors (Lipinski definition) is 2. The van der Waals surface area contributed by atoms with Crippen LogP contribution in [0.1, 0.15) is 45.0 Å². The number of aryl methyl sites for hydroxylation is 2. The van der Waals surface area contributed by atoms with Crippen molar-refractivity contribution in [3.63, 3.8) is 0 Å². The maximum absolute atomic E-state index is 13.5. The van der Waals surface area contributed by atoms with Gasteiger partial charge in [0.15, 0.2) is 0 Å². The number of halogens is 3. The number of rotatable bonds is 8. The fraction of sp³-hybridized carbons (Fsp3) is 0.391. The summed E-state index contributed by atoms with van der Waals surface area (Å²) in [4.78, 5) is 24.1. The van der Waals surface area contributed by atoms with Crippen LogP contribution in [0.2, 0.25) is 0 Å². The van der Waals surface area contributed by atoms with Crippen LogP contribution in [-0.2, 0) is 15.7 Å². The van der Waals surface area contributed by atoms with Crippen molar-refractivity contribution in [1.29, 1.82) is 0 Å².